The highest BCUT2D eigenvalue weighted by Crippen LogP contribution is 2.28. The second kappa shape index (κ2) is 8.01. The maximum Gasteiger partial charge on any atom is 0.304 e. The Labute approximate surface area is 139 Å². The lowest BCUT2D eigenvalue weighted by molar-refractivity contribution is -0.137. The quantitative estimate of drug-likeness (QED) is 0.777. The van der Waals surface area contributed by atoms with Gasteiger partial charge in [0.05, 0.1) is 10.9 Å². The smallest absolute Gasteiger partial charge is 0.304 e. The fraction of sp³-hybridized carbons (Fsp3) is 0.533. The molecule has 0 heterocycles. The number of carboxylic acid groups (broad SMARTS) is 1. The number of carbonyl (C=O) groups is 1. The Balaban J connectivity index is 2.55. The summed E-state index contributed by atoms with van der Waals surface area (Å²) in [5.74, 6) is -0.0582. The van der Waals surface area contributed by atoms with Gasteiger partial charge < -0.3 is 9.84 Å². The van der Waals surface area contributed by atoms with Gasteiger partial charge in [-0.2, -0.15) is 0 Å². The first-order chi connectivity index (χ1) is 9.70. The number of nitrogens with zero attached hydrogens (tertiary/aromatic N) is 1. The minimum absolute atomic E-state index is 0.101. The number of halogens is 2. The van der Waals surface area contributed by atoms with Crippen molar-refractivity contribution in [1.82, 2.24) is 4.90 Å². The molecular weight excluding hydrogens is 358 g/mol. The van der Waals surface area contributed by atoms with E-state index < -0.39 is 5.97 Å². The lowest BCUT2D eigenvalue weighted by Crippen LogP contribution is -2.44. The molecule has 1 rings (SSSR count). The number of ether oxygens (including phenoxy) is 1. The van der Waals surface area contributed by atoms with E-state index in [4.69, 9.17) is 21.4 Å². The molecule has 1 aromatic rings. The summed E-state index contributed by atoms with van der Waals surface area (Å²) >= 11 is 9.29. The summed E-state index contributed by atoms with van der Waals surface area (Å²) in [5, 5.41) is 9.46. The summed E-state index contributed by atoms with van der Waals surface area (Å²) < 4.78 is 6.54. The molecular formula is C15H21BrClNO3. The molecule has 0 radical (unpaired) electrons. The Morgan fingerprint density at radius 1 is 1.38 bits per heavy atom. The third-order valence-electron chi connectivity index (χ3n) is 3.06. The van der Waals surface area contributed by atoms with Gasteiger partial charge in [0.25, 0.3) is 0 Å². The van der Waals surface area contributed by atoms with Crippen molar-refractivity contribution in [3.63, 3.8) is 0 Å². The van der Waals surface area contributed by atoms with Crippen molar-refractivity contribution in [2.75, 3.05) is 19.7 Å². The second-order valence-electron chi connectivity index (χ2n) is 5.72. The third kappa shape index (κ3) is 6.68. The zero-order valence-electron chi connectivity index (χ0n) is 12.5. The second-order valence-corrected chi connectivity index (χ2v) is 7.02. The monoisotopic (exact) mass is 377 g/mol. The zero-order valence-corrected chi connectivity index (χ0v) is 14.9. The van der Waals surface area contributed by atoms with Gasteiger partial charge in [0.1, 0.15) is 12.4 Å². The van der Waals surface area contributed by atoms with Crippen molar-refractivity contribution in [1.29, 1.82) is 0 Å². The fourth-order valence-electron chi connectivity index (χ4n) is 1.87. The first-order valence-electron chi connectivity index (χ1n) is 6.75. The standard InChI is InChI=1S/C15H21BrClNO3/c1-15(2,3)18(7-6-14(19)20)8-9-21-13-5-4-11(17)10-12(13)16/h4-5,10H,6-9H2,1-3H3,(H,19,20). The van der Waals surface area contributed by atoms with Gasteiger partial charge in [0, 0.05) is 23.7 Å². The highest BCUT2D eigenvalue weighted by atomic mass is 79.9. The molecule has 0 atom stereocenters. The number of rotatable bonds is 7. The lowest BCUT2D eigenvalue weighted by atomic mass is 10.1. The van der Waals surface area contributed by atoms with Crippen molar-refractivity contribution in [3.8, 4) is 5.75 Å². The van der Waals surface area contributed by atoms with E-state index in [2.05, 4.69) is 41.6 Å². The van der Waals surface area contributed by atoms with E-state index in [1.54, 1.807) is 12.1 Å². The van der Waals surface area contributed by atoms with Gasteiger partial charge in [-0.05, 0) is 54.9 Å². The maximum absolute atomic E-state index is 10.7. The lowest BCUT2D eigenvalue weighted by Gasteiger charge is -2.35. The summed E-state index contributed by atoms with van der Waals surface area (Å²) in [6.45, 7) is 7.83. The van der Waals surface area contributed by atoms with E-state index in [1.807, 2.05) is 6.07 Å². The average molecular weight is 379 g/mol. The number of hydrogen-bond donors (Lipinski definition) is 1. The minimum Gasteiger partial charge on any atom is -0.491 e. The van der Waals surface area contributed by atoms with Gasteiger partial charge >= 0.3 is 5.97 Å². The summed E-state index contributed by atoms with van der Waals surface area (Å²) in [4.78, 5) is 12.8. The van der Waals surface area contributed by atoms with Crippen LogP contribution in [-0.4, -0.2) is 41.2 Å². The SMILES string of the molecule is CC(C)(C)N(CCOc1ccc(Cl)cc1Br)CCC(=O)O. The average Bonchev–Trinajstić information content (AvgIpc) is 2.33. The van der Waals surface area contributed by atoms with Crippen molar-refractivity contribution in [3.05, 3.63) is 27.7 Å². The Morgan fingerprint density at radius 2 is 2.05 bits per heavy atom. The normalized spacial score (nSPS) is 11.7. The predicted octanol–water partition coefficient (Wildman–Crippen LogP) is 4.06. The molecule has 4 nitrogen and oxygen atoms in total. The van der Waals surface area contributed by atoms with Crippen LogP contribution in [0.3, 0.4) is 0 Å². The van der Waals surface area contributed by atoms with Gasteiger partial charge in [-0.3, -0.25) is 9.69 Å². The number of aliphatic carboxylic acids is 1. The minimum atomic E-state index is -0.786. The molecule has 0 unspecified atom stereocenters. The van der Waals surface area contributed by atoms with E-state index in [0.29, 0.717) is 24.7 Å². The molecule has 0 aliphatic carbocycles. The van der Waals surface area contributed by atoms with Gasteiger partial charge in [-0.15, -0.1) is 0 Å². The Hall–Kier alpha value is -0.780. The van der Waals surface area contributed by atoms with Crippen LogP contribution in [0.25, 0.3) is 0 Å². The molecule has 0 bridgehead atoms. The van der Waals surface area contributed by atoms with Crippen LogP contribution in [0.15, 0.2) is 22.7 Å². The molecule has 6 heteroatoms. The van der Waals surface area contributed by atoms with Crippen LogP contribution < -0.4 is 4.74 Å². The Bertz CT molecular complexity index is 488. The number of carboxylic acids is 1. The number of hydrogen-bond acceptors (Lipinski definition) is 3. The van der Waals surface area contributed by atoms with Gasteiger partial charge in [-0.25, -0.2) is 0 Å². The van der Waals surface area contributed by atoms with Crippen LogP contribution in [0.1, 0.15) is 27.2 Å². The molecule has 0 aliphatic heterocycles. The van der Waals surface area contributed by atoms with E-state index in [-0.39, 0.29) is 12.0 Å². The highest BCUT2D eigenvalue weighted by molar-refractivity contribution is 9.10. The van der Waals surface area contributed by atoms with E-state index in [1.165, 1.54) is 0 Å². The molecule has 1 aromatic carbocycles. The summed E-state index contributed by atoms with van der Waals surface area (Å²) in [6.07, 6.45) is 0.127. The first kappa shape index (κ1) is 18.3. The van der Waals surface area contributed by atoms with E-state index in [0.717, 1.165) is 10.2 Å². The predicted molar refractivity (Wildman–Crippen MR) is 88.2 cm³/mol. The largest absolute Gasteiger partial charge is 0.491 e. The third-order valence-corrected chi connectivity index (χ3v) is 3.91. The molecule has 0 saturated heterocycles. The van der Waals surface area contributed by atoms with Crippen LogP contribution in [0.2, 0.25) is 5.02 Å². The van der Waals surface area contributed by atoms with Crippen molar-refractivity contribution in [2.45, 2.75) is 32.7 Å². The zero-order chi connectivity index (χ0) is 16.0. The van der Waals surface area contributed by atoms with Crippen molar-refractivity contribution >= 4 is 33.5 Å². The van der Waals surface area contributed by atoms with Gasteiger partial charge in [0.2, 0.25) is 0 Å². The van der Waals surface area contributed by atoms with Crippen molar-refractivity contribution in [2.24, 2.45) is 0 Å². The van der Waals surface area contributed by atoms with Crippen LogP contribution in [0, 0.1) is 0 Å². The van der Waals surface area contributed by atoms with Crippen LogP contribution in [0.4, 0.5) is 0 Å². The van der Waals surface area contributed by atoms with Crippen LogP contribution in [-0.2, 0) is 4.79 Å². The Morgan fingerprint density at radius 3 is 2.57 bits per heavy atom. The van der Waals surface area contributed by atoms with Gasteiger partial charge in [0.15, 0.2) is 0 Å². The molecule has 0 fully saturated rings. The summed E-state index contributed by atoms with van der Waals surface area (Å²) in [5.41, 5.74) is -0.101. The number of benzene rings is 1. The van der Waals surface area contributed by atoms with Crippen LogP contribution >= 0.6 is 27.5 Å². The highest BCUT2D eigenvalue weighted by Gasteiger charge is 2.21. The molecule has 0 aromatic heterocycles. The molecule has 0 spiro atoms. The molecule has 0 saturated carbocycles. The summed E-state index contributed by atoms with van der Waals surface area (Å²) in [6, 6.07) is 5.36. The topological polar surface area (TPSA) is 49.8 Å². The fourth-order valence-corrected chi connectivity index (χ4v) is 2.67. The first-order valence-corrected chi connectivity index (χ1v) is 7.92. The Kier molecular flexibility index (Phi) is 6.97. The molecule has 1 N–H and O–H groups in total. The molecule has 0 amide bonds. The maximum atomic E-state index is 10.7. The van der Waals surface area contributed by atoms with Crippen LogP contribution in [0.5, 0.6) is 5.75 Å². The van der Waals surface area contributed by atoms with E-state index >= 15 is 0 Å². The van der Waals surface area contributed by atoms with E-state index in [9.17, 15) is 4.79 Å². The molecule has 118 valence electrons. The summed E-state index contributed by atoms with van der Waals surface area (Å²) in [7, 11) is 0. The molecule has 21 heavy (non-hydrogen) atoms. The molecule has 0 aliphatic rings. The van der Waals surface area contributed by atoms with Gasteiger partial charge in [-0.1, -0.05) is 11.6 Å². The van der Waals surface area contributed by atoms with Crippen molar-refractivity contribution < 1.29 is 14.6 Å².